The summed E-state index contributed by atoms with van der Waals surface area (Å²) in [5.41, 5.74) is 4.91. The van der Waals surface area contributed by atoms with Gasteiger partial charge in [-0.05, 0) is 73.0 Å². The van der Waals surface area contributed by atoms with E-state index in [9.17, 15) is 4.79 Å². The minimum absolute atomic E-state index is 0.0371. The summed E-state index contributed by atoms with van der Waals surface area (Å²) >= 11 is 0. The molecule has 0 aliphatic heterocycles. The van der Waals surface area contributed by atoms with Crippen LogP contribution in [0.25, 0.3) is 0 Å². The zero-order chi connectivity index (χ0) is 19.1. The number of nitrogens with one attached hydrogen (secondary N) is 1. The Morgan fingerprint density at radius 1 is 1.00 bits per heavy atom. The zero-order valence-electron chi connectivity index (χ0n) is 15.5. The molecule has 0 spiro atoms. The van der Waals surface area contributed by atoms with Gasteiger partial charge in [0.25, 0.3) is 5.91 Å². The molecule has 3 rings (SSSR count). The number of anilines is 1. The van der Waals surface area contributed by atoms with Crippen LogP contribution in [0.2, 0.25) is 0 Å². The highest BCUT2D eigenvalue weighted by molar-refractivity contribution is 5.92. The minimum Gasteiger partial charge on any atom is -0.484 e. The third-order valence-electron chi connectivity index (χ3n) is 4.02. The highest BCUT2D eigenvalue weighted by Gasteiger charge is 2.04. The molecular weight excluding hydrogens is 336 g/mol. The molecule has 0 radical (unpaired) electrons. The van der Waals surface area contributed by atoms with Gasteiger partial charge >= 0.3 is 0 Å². The molecule has 3 aromatic rings. The van der Waals surface area contributed by atoms with Crippen LogP contribution < -0.4 is 10.1 Å². The van der Waals surface area contributed by atoms with E-state index in [1.165, 1.54) is 0 Å². The topological polar surface area (TPSA) is 50.7 Å². The average molecular weight is 358 g/mol. The number of carbonyl (C=O) groups excluding carboxylic acids is 1. The number of benzene rings is 3. The molecule has 0 atom stereocenters. The fourth-order valence-corrected chi connectivity index (χ4v) is 2.57. The number of rotatable bonds is 6. The maximum absolute atomic E-state index is 12.0. The van der Waals surface area contributed by atoms with Gasteiger partial charge in [-0.25, -0.2) is 0 Å². The number of carbonyl (C=O) groups is 1. The molecule has 0 fully saturated rings. The maximum Gasteiger partial charge on any atom is 0.262 e. The summed E-state index contributed by atoms with van der Waals surface area (Å²) in [6.45, 7) is 3.98. The Labute approximate surface area is 159 Å². The second kappa shape index (κ2) is 8.81. The predicted molar refractivity (Wildman–Crippen MR) is 110 cm³/mol. The largest absolute Gasteiger partial charge is 0.484 e. The third kappa shape index (κ3) is 5.54. The Kier molecular flexibility index (Phi) is 6.00. The summed E-state index contributed by atoms with van der Waals surface area (Å²) in [6, 6.07) is 23.1. The van der Waals surface area contributed by atoms with Crippen molar-refractivity contribution in [1.82, 2.24) is 0 Å². The molecule has 3 aromatic carbocycles. The van der Waals surface area contributed by atoms with Crippen molar-refractivity contribution in [3.8, 4) is 5.75 Å². The fraction of sp³-hybridized carbons (Fsp3) is 0.130. The van der Waals surface area contributed by atoms with E-state index in [1.54, 1.807) is 0 Å². The summed E-state index contributed by atoms with van der Waals surface area (Å²) in [7, 11) is 0. The number of ether oxygens (including phenoxy) is 1. The molecule has 0 saturated heterocycles. The van der Waals surface area contributed by atoms with Crippen LogP contribution in [0.1, 0.15) is 16.7 Å². The van der Waals surface area contributed by atoms with Crippen LogP contribution in [0.3, 0.4) is 0 Å². The first kappa shape index (κ1) is 18.4. The van der Waals surface area contributed by atoms with Crippen molar-refractivity contribution in [3.63, 3.8) is 0 Å². The SMILES string of the molecule is Cc1cccc(NC(=O)COc2ccc(C=Nc3ccccc3C)cc2)c1. The van der Waals surface area contributed by atoms with E-state index in [-0.39, 0.29) is 12.5 Å². The zero-order valence-corrected chi connectivity index (χ0v) is 15.5. The van der Waals surface area contributed by atoms with E-state index >= 15 is 0 Å². The van der Waals surface area contributed by atoms with Gasteiger partial charge in [0.1, 0.15) is 5.75 Å². The molecule has 0 bridgehead atoms. The quantitative estimate of drug-likeness (QED) is 0.625. The Bertz CT molecular complexity index is 947. The van der Waals surface area contributed by atoms with Crippen molar-refractivity contribution in [2.45, 2.75) is 13.8 Å². The normalized spacial score (nSPS) is 10.7. The van der Waals surface area contributed by atoms with E-state index in [0.29, 0.717) is 5.75 Å². The van der Waals surface area contributed by atoms with Crippen molar-refractivity contribution in [2.75, 3.05) is 11.9 Å². The molecule has 27 heavy (non-hydrogen) atoms. The summed E-state index contributed by atoms with van der Waals surface area (Å²) in [6.07, 6.45) is 1.82. The van der Waals surface area contributed by atoms with E-state index in [1.807, 2.05) is 92.9 Å². The van der Waals surface area contributed by atoms with Crippen molar-refractivity contribution in [1.29, 1.82) is 0 Å². The van der Waals surface area contributed by atoms with Crippen LogP contribution in [0.15, 0.2) is 77.8 Å². The molecule has 1 N–H and O–H groups in total. The van der Waals surface area contributed by atoms with E-state index in [4.69, 9.17) is 4.74 Å². The lowest BCUT2D eigenvalue weighted by Gasteiger charge is -2.08. The maximum atomic E-state index is 12.0. The first-order valence-corrected chi connectivity index (χ1v) is 8.79. The first-order chi connectivity index (χ1) is 13.1. The van der Waals surface area contributed by atoms with Gasteiger partial charge in [-0.15, -0.1) is 0 Å². The summed E-state index contributed by atoms with van der Waals surface area (Å²) < 4.78 is 5.55. The minimum atomic E-state index is -0.189. The third-order valence-corrected chi connectivity index (χ3v) is 4.02. The Balaban J connectivity index is 1.53. The summed E-state index contributed by atoms with van der Waals surface area (Å²) in [5.74, 6) is 0.452. The van der Waals surface area contributed by atoms with E-state index in [2.05, 4.69) is 10.3 Å². The van der Waals surface area contributed by atoms with Crippen LogP contribution in [0.4, 0.5) is 11.4 Å². The number of aryl methyl sites for hydroxylation is 2. The first-order valence-electron chi connectivity index (χ1n) is 8.79. The molecule has 0 saturated carbocycles. The van der Waals surface area contributed by atoms with Gasteiger partial charge in [0.2, 0.25) is 0 Å². The van der Waals surface area contributed by atoms with Gasteiger partial charge in [0, 0.05) is 11.9 Å². The fourth-order valence-electron chi connectivity index (χ4n) is 2.57. The van der Waals surface area contributed by atoms with Gasteiger partial charge < -0.3 is 10.1 Å². The molecule has 0 aliphatic carbocycles. The van der Waals surface area contributed by atoms with Crippen molar-refractivity contribution in [2.24, 2.45) is 4.99 Å². The van der Waals surface area contributed by atoms with Gasteiger partial charge in [0.15, 0.2) is 6.61 Å². The lowest BCUT2D eigenvalue weighted by atomic mass is 10.2. The molecule has 1 amide bonds. The molecule has 4 nitrogen and oxygen atoms in total. The predicted octanol–water partition coefficient (Wildman–Crippen LogP) is 5.07. The van der Waals surface area contributed by atoms with Crippen LogP contribution in [-0.4, -0.2) is 18.7 Å². The van der Waals surface area contributed by atoms with Gasteiger partial charge in [-0.2, -0.15) is 0 Å². The van der Waals surface area contributed by atoms with Crippen LogP contribution in [0, 0.1) is 13.8 Å². The Hall–Kier alpha value is -3.40. The van der Waals surface area contributed by atoms with Crippen molar-refractivity contribution in [3.05, 3.63) is 89.5 Å². The number of amides is 1. The molecule has 0 aliphatic rings. The molecule has 0 heterocycles. The Morgan fingerprint density at radius 2 is 1.78 bits per heavy atom. The van der Waals surface area contributed by atoms with E-state index in [0.717, 1.165) is 28.1 Å². The molecule has 136 valence electrons. The average Bonchev–Trinajstić information content (AvgIpc) is 2.67. The standard InChI is InChI=1S/C23H22N2O2/c1-17-6-5-8-20(14-17)25-23(26)16-27-21-12-10-19(11-13-21)15-24-22-9-4-3-7-18(22)2/h3-15H,16H2,1-2H3,(H,25,26). The number of nitrogens with zero attached hydrogens (tertiary/aromatic N) is 1. The number of aliphatic imine (C=N–C) groups is 1. The second-order valence-electron chi connectivity index (χ2n) is 6.32. The molecular formula is C23H22N2O2. The van der Waals surface area contributed by atoms with Crippen LogP contribution in [-0.2, 0) is 4.79 Å². The number of para-hydroxylation sites is 1. The van der Waals surface area contributed by atoms with Crippen molar-refractivity contribution < 1.29 is 9.53 Å². The molecule has 0 aromatic heterocycles. The van der Waals surface area contributed by atoms with Gasteiger partial charge in [-0.3, -0.25) is 9.79 Å². The molecule has 0 unspecified atom stereocenters. The monoisotopic (exact) mass is 358 g/mol. The highest BCUT2D eigenvalue weighted by Crippen LogP contribution is 2.18. The summed E-state index contributed by atoms with van der Waals surface area (Å²) in [4.78, 5) is 16.5. The molecule has 4 heteroatoms. The van der Waals surface area contributed by atoms with Crippen LogP contribution >= 0.6 is 0 Å². The lowest BCUT2D eigenvalue weighted by Crippen LogP contribution is -2.20. The Morgan fingerprint density at radius 3 is 2.52 bits per heavy atom. The highest BCUT2D eigenvalue weighted by atomic mass is 16.5. The lowest BCUT2D eigenvalue weighted by molar-refractivity contribution is -0.118. The number of hydrogen-bond acceptors (Lipinski definition) is 3. The van der Waals surface area contributed by atoms with Gasteiger partial charge in [0.05, 0.1) is 5.69 Å². The summed E-state index contributed by atoms with van der Waals surface area (Å²) in [5, 5.41) is 2.82. The van der Waals surface area contributed by atoms with Gasteiger partial charge in [-0.1, -0.05) is 30.3 Å². The van der Waals surface area contributed by atoms with Crippen LogP contribution in [0.5, 0.6) is 5.75 Å². The second-order valence-corrected chi connectivity index (χ2v) is 6.32. The smallest absolute Gasteiger partial charge is 0.262 e. The van der Waals surface area contributed by atoms with Crippen molar-refractivity contribution >= 4 is 23.5 Å². The number of hydrogen-bond donors (Lipinski definition) is 1. The van der Waals surface area contributed by atoms with E-state index < -0.39 is 0 Å².